The van der Waals surface area contributed by atoms with Gasteiger partial charge in [0, 0.05) is 5.54 Å². The molecule has 0 bridgehead atoms. The highest BCUT2D eigenvalue weighted by Gasteiger charge is 2.38. The minimum Gasteiger partial charge on any atom is -0.481 e. The molecule has 0 aliphatic heterocycles. The lowest BCUT2D eigenvalue weighted by Crippen LogP contribution is -2.52. The van der Waals surface area contributed by atoms with Gasteiger partial charge in [0.05, 0.1) is 13.5 Å². The number of nitrogens with one attached hydrogen (secondary N) is 1. The zero-order chi connectivity index (χ0) is 14.5. The average Bonchev–Trinajstić information content (AvgIpc) is 2.27. The molecule has 19 heavy (non-hydrogen) atoms. The van der Waals surface area contributed by atoms with Crippen LogP contribution in [-0.4, -0.2) is 43.9 Å². The Balaban J connectivity index is 2.82. The van der Waals surface area contributed by atoms with Crippen LogP contribution in [0.1, 0.15) is 38.5 Å². The maximum atomic E-state index is 11.8. The lowest BCUT2D eigenvalue weighted by molar-refractivity contribution is -0.139. The lowest BCUT2D eigenvalue weighted by atomic mass is 9.80. The second kappa shape index (κ2) is 6.33. The molecule has 0 aromatic carbocycles. The van der Waals surface area contributed by atoms with Gasteiger partial charge in [0.25, 0.3) is 0 Å². The van der Waals surface area contributed by atoms with Crippen molar-refractivity contribution in [3.05, 3.63) is 0 Å². The van der Waals surface area contributed by atoms with Crippen LogP contribution in [0.5, 0.6) is 0 Å². The Morgan fingerprint density at radius 2 is 1.84 bits per heavy atom. The number of carboxylic acids is 1. The fourth-order valence-electron chi connectivity index (χ4n) is 2.41. The van der Waals surface area contributed by atoms with Gasteiger partial charge in [-0.1, -0.05) is 19.3 Å². The van der Waals surface area contributed by atoms with E-state index in [-0.39, 0.29) is 6.42 Å². The molecule has 1 saturated carbocycles. The first-order valence-corrected chi connectivity index (χ1v) is 7.74. The van der Waals surface area contributed by atoms with E-state index >= 15 is 0 Å². The normalized spacial score (nSPS) is 18.8. The van der Waals surface area contributed by atoms with E-state index in [0.717, 1.165) is 26.4 Å². The van der Waals surface area contributed by atoms with Crippen LogP contribution >= 0.6 is 0 Å². The predicted octanol–water partition coefficient (Wildman–Crippen LogP) is 0.256. The summed E-state index contributed by atoms with van der Waals surface area (Å²) in [7, 11) is -2.78. The second-order valence-corrected chi connectivity index (χ2v) is 6.57. The highest BCUT2D eigenvalue weighted by Crippen LogP contribution is 2.31. The molecule has 2 N–H and O–H groups in total. The van der Waals surface area contributed by atoms with Gasteiger partial charge in [-0.2, -0.15) is 0 Å². The Kier molecular flexibility index (Phi) is 5.30. The van der Waals surface area contributed by atoms with E-state index in [4.69, 9.17) is 5.11 Å². The van der Waals surface area contributed by atoms with Crippen LogP contribution in [0.4, 0.5) is 0 Å². The highest BCUT2D eigenvalue weighted by molar-refractivity contribution is 7.90. The van der Waals surface area contributed by atoms with Crippen LogP contribution < -0.4 is 4.72 Å². The molecule has 0 atom stereocenters. The smallest absolute Gasteiger partial charge is 0.322 e. The van der Waals surface area contributed by atoms with Crippen LogP contribution in [-0.2, 0) is 24.3 Å². The predicted molar refractivity (Wildman–Crippen MR) is 67.0 cm³/mol. The van der Waals surface area contributed by atoms with E-state index < -0.39 is 33.3 Å². The number of carbonyl (C=O) groups excluding carboxylic acids is 1. The zero-order valence-corrected chi connectivity index (χ0v) is 11.7. The lowest BCUT2D eigenvalue weighted by Gasteiger charge is -2.36. The Bertz CT molecular complexity index is 438. The summed E-state index contributed by atoms with van der Waals surface area (Å²) in [6, 6.07) is 0. The first-order valence-electron chi connectivity index (χ1n) is 6.09. The highest BCUT2D eigenvalue weighted by atomic mass is 32.2. The van der Waals surface area contributed by atoms with Gasteiger partial charge >= 0.3 is 11.9 Å². The fourth-order valence-corrected chi connectivity index (χ4v) is 3.85. The van der Waals surface area contributed by atoms with E-state index in [9.17, 15) is 18.0 Å². The summed E-state index contributed by atoms with van der Waals surface area (Å²) < 4.78 is 30.4. The summed E-state index contributed by atoms with van der Waals surface area (Å²) in [6.07, 6.45) is 3.18. The molecule has 0 radical (unpaired) electrons. The fraction of sp³-hybridized carbons (Fsp3) is 0.818. The molecule has 7 nitrogen and oxygen atoms in total. The van der Waals surface area contributed by atoms with Crippen LogP contribution in [0.3, 0.4) is 0 Å². The van der Waals surface area contributed by atoms with E-state index in [1.54, 1.807) is 0 Å². The number of aliphatic carboxylic acids is 1. The molecule has 110 valence electrons. The van der Waals surface area contributed by atoms with Crippen molar-refractivity contribution in [3.8, 4) is 0 Å². The number of carbonyl (C=O) groups is 2. The Morgan fingerprint density at radius 3 is 2.32 bits per heavy atom. The van der Waals surface area contributed by atoms with Gasteiger partial charge < -0.3 is 9.84 Å². The molecule has 0 unspecified atom stereocenters. The van der Waals surface area contributed by atoms with Crippen LogP contribution in [0.15, 0.2) is 0 Å². The number of hydrogen-bond acceptors (Lipinski definition) is 5. The Labute approximate surface area is 112 Å². The standard InChI is InChI=1S/C11H19NO6S/c1-18-10(15)8-19(16,17)12-11(7-9(13)14)5-3-2-4-6-11/h12H,2-8H2,1H3,(H,13,14). The number of sulfonamides is 1. The average molecular weight is 293 g/mol. The minimum absolute atomic E-state index is 0.270. The SMILES string of the molecule is COC(=O)CS(=O)(=O)NC1(CC(=O)O)CCCCC1. The number of hydrogen-bond donors (Lipinski definition) is 2. The van der Waals surface area contributed by atoms with Gasteiger partial charge in [0.2, 0.25) is 10.0 Å². The molecule has 0 saturated heterocycles. The molecular weight excluding hydrogens is 274 g/mol. The third-order valence-electron chi connectivity index (χ3n) is 3.21. The van der Waals surface area contributed by atoms with Gasteiger partial charge in [-0.25, -0.2) is 13.1 Å². The minimum atomic E-state index is -3.88. The summed E-state index contributed by atoms with van der Waals surface area (Å²) in [5.41, 5.74) is -0.975. The summed E-state index contributed by atoms with van der Waals surface area (Å²) in [4.78, 5) is 21.9. The largest absolute Gasteiger partial charge is 0.481 e. The first-order chi connectivity index (χ1) is 8.79. The number of rotatable bonds is 6. The molecule has 0 aromatic heterocycles. The molecule has 1 aliphatic carbocycles. The van der Waals surface area contributed by atoms with E-state index in [1.165, 1.54) is 0 Å². The second-order valence-electron chi connectivity index (χ2n) is 4.85. The quantitative estimate of drug-likeness (QED) is 0.680. The summed E-state index contributed by atoms with van der Waals surface area (Å²) >= 11 is 0. The number of esters is 1. The number of methoxy groups -OCH3 is 1. The van der Waals surface area contributed by atoms with Crippen molar-refractivity contribution >= 4 is 22.0 Å². The summed E-state index contributed by atoms with van der Waals surface area (Å²) in [5.74, 6) is -2.71. The molecular formula is C11H19NO6S. The van der Waals surface area contributed by atoms with Crippen LogP contribution in [0.25, 0.3) is 0 Å². The van der Waals surface area contributed by atoms with E-state index in [1.807, 2.05) is 0 Å². The Hall–Kier alpha value is -1.15. The maximum Gasteiger partial charge on any atom is 0.322 e. The van der Waals surface area contributed by atoms with Gasteiger partial charge in [-0.05, 0) is 12.8 Å². The van der Waals surface area contributed by atoms with Crippen molar-refractivity contribution in [3.63, 3.8) is 0 Å². The van der Waals surface area contributed by atoms with Gasteiger partial charge in [0.15, 0.2) is 5.75 Å². The zero-order valence-electron chi connectivity index (χ0n) is 10.8. The van der Waals surface area contributed by atoms with Gasteiger partial charge in [0.1, 0.15) is 0 Å². The van der Waals surface area contributed by atoms with Crippen LogP contribution in [0, 0.1) is 0 Å². The molecule has 0 heterocycles. The van der Waals surface area contributed by atoms with E-state index in [0.29, 0.717) is 12.8 Å². The molecule has 1 aliphatic rings. The topological polar surface area (TPSA) is 110 Å². The summed E-state index contributed by atoms with van der Waals surface area (Å²) in [6.45, 7) is 0. The van der Waals surface area contributed by atoms with Gasteiger partial charge in [-0.3, -0.25) is 9.59 Å². The molecule has 1 rings (SSSR count). The summed E-state index contributed by atoms with van der Waals surface area (Å²) in [5, 5.41) is 8.93. The third-order valence-corrected chi connectivity index (χ3v) is 4.57. The monoisotopic (exact) mass is 293 g/mol. The number of ether oxygens (including phenoxy) is 1. The van der Waals surface area contributed by atoms with E-state index in [2.05, 4.69) is 9.46 Å². The molecule has 1 fully saturated rings. The van der Waals surface area contributed by atoms with Crippen molar-refractivity contribution < 1.29 is 27.9 Å². The molecule has 8 heteroatoms. The van der Waals surface area contributed by atoms with Crippen molar-refractivity contribution in [2.45, 2.75) is 44.1 Å². The molecule has 0 aromatic rings. The molecule has 0 amide bonds. The van der Waals surface area contributed by atoms with Crippen molar-refractivity contribution in [1.29, 1.82) is 0 Å². The van der Waals surface area contributed by atoms with Crippen molar-refractivity contribution in [2.75, 3.05) is 12.9 Å². The first kappa shape index (κ1) is 15.9. The van der Waals surface area contributed by atoms with Crippen LogP contribution in [0.2, 0.25) is 0 Å². The number of carboxylic acid groups (broad SMARTS) is 1. The maximum absolute atomic E-state index is 11.8. The van der Waals surface area contributed by atoms with Crippen molar-refractivity contribution in [2.24, 2.45) is 0 Å². The van der Waals surface area contributed by atoms with Crippen molar-refractivity contribution in [1.82, 2.24) is 4.72 Å². The molecule has 0 spiro atoms. The third kappa shape index (κ3) is 5.15. The van der Waals surface area contributed by atoms with Gasteiger partial charge in [-0.15, -0.1) is 0 Å². The Morgan fingerprint density at radius 1 is 1.26 bits per heavy atom.